The fraction of sp³-hybridized carbons (Fsp3) is 0.308. The molecule has 0 amide bonds. The van der Waals surface area contributed by atoms with Crippen LogP contribution in [0.25, 0.3) is 10.1 Å². The Balaban J connectivity index is 1.90. The maximum Gasteiger partial charge on any atom is 0.317 e. The second-order valence-electron chi connectivity index (χ2n) is 4.76. The minimum absolute atomic E-state index is 0.0203. The van der Waals surface area contributed by atoms with Gasteiger partial charge in [-0.3, -0.25) is 4.79 Å². The monoisotopic (exact) mass is 308 g/mol. The summed E-state index contributed by atoms with van der Waals surface area (Å²) in [5.74, 6) is 0.402. The molecule has 0 N–H and O–H groups in total. The number of thiophene rings is 1. The molecule has 1 saturated heterocycles. The molecular weight excluding hydrogens is 300 g/mol. The number of hydrogen-bond donors (Lipinski definition) is 0. The number of benzene rings is 1. The van der Waals surface area contributed by atoms with Crippen molar-refractivity contribution in [1.82, 2.24) is 0 Å². The standard InChI is InChI=1S/C13H9BrO2S/c14-9-1-2-10-7(3-9)4-11(17-10)13-5-8(13)6-16-12(13)15/h1-4,8H,5-6H2. The van der Waals surface area contributed by atoms with Crippen LogP contribution in [0.4, 0.5) is 0 Å². The zero-order valence-electron chi connectivity index (χ0n) is 8.90. The molecule has 0 spiro atoms. The number of carbonyl (C=O) groups is 1. The number of halogens is 1. The highest BCUT2D eigenvalue weighted by molar-refractivity contribution is 9.10. The van der Waals surface area contributed by atoms with E-state index in [1.54, 1.807) is 11.3 Å². The van der Waals surface area contributed by atoms with Crippen molar-refractivity contribution in [3.8, 4) is 0 Å². The van der Waals surface area contributed by atoms with Crippen LogP contribution in [0.15, 0.2) is 28.7 Å². The normalized spacial score (nSPS) is 30.4. The average Bonchev–Trinajstić information content (AvgIpc) is 2.76. The number of esters is 1. The van der Waals surface area contributed by atoms with Gasteiger partial charge in [-0.05, 0) is 36.1 Å². The van der Waals surface area contributed by atoms with Gasteiger partial charge in [0.25, 0.3) is 0 Å². The fourth-order valence-corrected chi connectivity index (χ4v) is 4.41. The largest absolute Gasteiger partial charge is 0.465 e. The van der Waals surface area contributed by atoms with Gasteiger partial charge in [-0.1, -0.05) is 15.9 Å². The first-order valence-electron chi connectivity index (χ1n) is 5.57. The molecule has 1 aromatic heterocycles. The van der Waals surface area contributed by atoms with Crippen LogP contribution in [0.1, 0.15) is 11.3 Å². The third-order valence-corrected chi connectivity index (χ3v) is 5.59. The minimum Gasteiger partial charge on any atom is -0.465 e. The Morgan fingerprint density at radius 1 is 1.41 bits per heavy atom. The van der Waals surface area contributed by atoms with E-state index in [1.165, 1.54) is 15.0 Å². The van der Waals surface area contributed by atoms with Gasteiger partial charge in [-0.2, -0.15) is 0 Å². The quantitative estimate of drug-likeness (QED) is 0.754. The Kier molecular flexibility index (Phi) is 1.85. The average molecular weight is 309 g/mol. The van der Waals surface area contributed by atoms with Crippen molar-refractivity contribution in [3.63, 3.8) is 0 Å². The zero-order chi connectivity index (χ0) is 11.6. The Morgan fingerprint density at radius 2 is 2.29 bits per heavy atom. The Hall–Kier alpha value is -0.870. The summed E-state index contributed by atoms with van der Waals surface area (Å²) in [6, 6.07) is 8.39. The number of fused-ring (bicyclic) bond motifs is 2. The summed E-state index contributed by atoms with van der Waals surface area (Å²) in [5.41, 5.74) is -0.282. The number of rotatable bonds is 1. The highest BCUT2D eigenvalue weighted by Crippen LogP contribution is 2.61. The molecule has 2 nitrogen and oxygen atoms in total. The van der Waals surface area contributed by atoms with E-state index in [4.69, 9.17) is 4.74 Å². The minimum atomic E-state index is -0.282. The van der Waals surface area contributed by atoms with Crippen molar-refractivity contribution in [1.29, 1.82) is 0 Å². The lowest BCUT2D eigenvalue weighted by Crippen LogP contribution is -2.16. The molecule has 1 saturated carbocycles. The van der Waals surface area contributed by atoms with E-state index in [0.29, 0.717) is 12.5 Å². The van der Waals surface area contributed by atoms with Crippen LogP contribution >= 0.6 is 27.3 Å². The van der Waals surface area contributed by atoms with Gasteiger partial charge in [0.05, 0.1) is 6.61 Å². The SMILES string of the molecule is O=C1OCC2CC12c1cc2cc(Br)ccc2s1. The van der Waals surface area contributed by atoms with Gasteiger partial charge >= 0.3 is 5.97 Å². The van der Waals surface area contributed by atoms with E-state index in [1.807, 2.05) is 6.07 Å². The predicted octanol–water partition coefficient (Wildman–Crippen LogP) is 3.48. The molecule has 0 bridgehead atoms. The summed E-state index contributed by atoms with van der Waals surface area (Å²) >= 11 is 5.20. The van der Waals surface area contributed by atoms with E-state index < -0.39 is 0 Å². The Labute approximate surface area is 111 Å². The van der Waals surface area contributed by atoms with E-state index in [2.05, 4.69) is 34.1 Å². The van der Waals surface area contributed by atoms with Crippen LogP contribution in [0.2, 0.25) is 0 Å². The first-order valence-corrected chi connectivity index (χ1v) is 7.18. The van der Waals surface area contributed by atoms with Gasteiger partial charge in [0, 0.05) is 20.0 Å². The van der Waals surface area contributed by atoms with E-state index in [-0.39, 0.29) is 11.4 Å². The maximum absolute atomic E-state index is 11.9. The fourth-order valence-electron chi connectivity index (χ4n) is 2.72. The summed E-state index contributed by atoms with van der Waals surface area (Å²) in [6.07, 6.45) is 0.972. The molecule has 4 heteroatoms. The molecule has 0 radical (unpaired) electrons. The van der Waals surface area contributed by atoms with Crippen molar-refractivity contribution in [2.75, 3.05) is 6.61 Å². The van der Waals surface area contributed by atoms with Crippen LogP contribution in [-0.4, -0.2) is 12.6 Å². The summed E-state index contributed by atoms with van der Waals surface area (Å²) in [4.78, 5) is 13.0. The van der Waals surface area contributed by atoms with E-state index in [9.17, 15) is 4.79 Å². The van der Waals surface area contributed by atoms with Gasteiger partial charge in [0.2, 0.25) is 0 Å². The highest BCUT2D eigenvalue weighted by Gasteiger charge is 2.67. The van der Waals surface area contributed by atoms with Crippen LogP contribution in [-0.2, 0) is 14.9 Å². The van der Waals surface area contributed by atoms with Crippen LogP contribution in [0.5, 0.6) is 0 Å². The van der Waals surface area contributed by atoms with Gasteiger partial charge in [0.1, 0.15) is 5.41 Å². The van der Waals surface area contributed by atoms with Crippen molar-refractivity contribution >= 4 is 43.3 Å². The lowest BCUT2D eigenvalue weighted by Gasteiger charge is -2.04. The number of ether oxygens (including phenoxy) is 1. The molecule has 86 valence electrons. The van der Waals surface area contributed by atoms with E-state index in [0.717, 1.165) is 10.9 Å². The Morgan fingerprint density at radius 3 is 3.00 bits per heavy atom. The summed E-state index contributed by atoms with van der Waals surface area (Å²) < 4.78 is 7.47. The summed E-state index contributed by atoms with van der Waals surface area (Å²) in [5, 5.41) is 1.21. The number of cyclic esters (lactones) is 1. The van der Waals surface area contributed by atoms with Crippen LogP contribution in [0.3, 0.4) is 0 Å². The molecule has 4 rings (SSSR count). The molecule has 2 fully saturated rings. The number of hydrogen-bond acceptors (Lipinski definition) is 3. The summed E-state index contributed by atoms with van der Waals surface area (Å²) in [6.45, 7) is 0.608. The van der Waals surface area contributed by atoms with E-state index >= 15 is 0 Å². The number of carbonyl (C=O) groups excluding carboxylic acids is 1. The second kappa shape index (κ2) is 3.12. The van der Waals surface area contributed by atoms with Gasteiger partial charge < -0.3 is 4.74 Å². The highest BCUT2D eigenvalue weighted by atomic mass is 79.9. The van der Waals surface area contributed by atoms with Crippen molar-refractivity contribution < 1.29 is 9.53 Å². The topological polar surface area (TPSA) is 26.3 Å². The molecular formula is C13H9BrO2S. The van der Waals surface area contributed by atoms with Crippen LogP contribution < -0.4 is 0 Å². The third kappa shape index (κ3) is 1.23. The smallest absolute Gasteiger partial charge is 0.317 e. The molecule has 1 aliphatic carbocycles. The van der Waals surface area contributed by atoms with Crippen molar-refractivity contribution in [2.24, 2.45) is 5.92 Å². The molecule has 1 aromatic carbocycles. The van der Waals surface area contributed by atoms with Crippen molar-refractivity contribution in [2.45, 2.75) is 11.8 Å². The molecule has 2 heterocycles. The molecule has 2 atom stereocenters. The van der Waals surface area contributed by atoms with Crippen LogP contribution in [0, 0.1) is 5.92 Å². The lowest BCUT2D eigenvalue weighted by atomic mass is 10.0. The maximum atomic E-state index is 11.9. The molecule has 1 aliphatic heterocycles. The predicted molar refractivity (Wildman–Crippen MR) is 70.3 cm³/mol. The van der Waals surface area contributed by atoms with Gasteiger partial charge in [-0.25, -0.2) is 0 Å². The third-order valence-electron chi connectivity index (χ3n) is 3.80. The molecule has 2 aromatic rings. The lowest BCUT2D eigenvalue weighted by molar-refractivity contribution is -0.142. The summed E-state index contributed by atoms with van der Waals surface area (Å²) in [7, 11) is 0. The van der Waals surface area contributed by atoms with Crippen molar-refractivity contribution in [3.05, 3.63) is 33.6 Å². The molecule has 2 aliphatic rings. The van der Waals surface area contributed by atoms with Gasteiger partial charge in [-0.15, -0.1) is 11.3 Å². The molecule has 2 unspecified atom stereocenters. The first-order chi connectivity index (χ1) is 8.20. The first kappa shape index (κ1) is 10.1. The zero-order valence-corrected chi connectivity index (χ0v) is 11.3. The molecule has 17 heavy (non-hydrogen) atoms. The van der Waals surface area contributed by atoms with Gasteiger partial charge in [0.15, 0.2) is 0 Å². The second-order valence-corrected chi connectivity index (χ2v) is 6.76. The Bertz CT molecular complexity index is 648.